The number of hydrogen-bond acceptors (Lipinski definition) is 4. The van der Waals surface area contributed by atoms with Crippen LogP contribution < -0.4 is 5.56 Å². The topological polar surface area (TPSA) is 73.0 Å². The van der Waals surface area contributed by atoms with Gasteiger partial charge in [-0.05, 0) is 55.0 Å². The Morgan fingerprint density at radius 3 is 2.47 bits per heavy atom. The van der Waals surface area contributed by atoms with Crippen LogP contribution in [0.2, 0.25) is 0 Å². The van der Waals surface area contributed by atoms with Crippen molar-refractivity contribution in [3.8, 4) is 5.69 Å². The average molecular weight is 406 g/mol. The Hall–Kier alpha value is -3.22. The number of hydrogen-bond donors (Lipinski definition) is 0. The summed E-state index contributed by atoms with van der Waals surface area (Å²) >= 11 is 0. The molecule has 1 aromatic carbocycles. The van der Waals surface area contributed by atoms with Crippen LogP contribution in [0.15, 0.2) is 54.0 Å². The van der Waals surface area contributed by atoms with E-state index in [1.807, 2.05) is 35.8 Å². The average Bonchev–Trinajstić information content (AvgIpc) is 3.29. The molecule has 1 aliphatic rings. The van der Waals surface area contributed by atoms with Gasteiger partial charge in [0.05, 0.1) is 0 Å². The van der Waals surface area contributed by atoms with Crippen LogP contribution in [-0.4, -0.2) is 43.2 Å². The Kier molecular flexibility index (Phi) is 5.53. The van der Waals surface area contributed by atoms with Gasteiger partial charge in [-0.2, -0.15) is 0 Å². The van der Waals surface area contributed by atoms with E-state index in [0.717, 1.165) is 24.1 Å². The minimum absolute atomic E-state index is 0.186. The molecule has 2 aromatic heterocycles. The molecule has 0 aliphatic carbocycles. The summed E-state index contributed by atoms with van der Waals surface area (Å²) in [5.74, 6) is 0.174. The van der Waals surface area contributed by atoms with Gasteiger partial charge in [0.2, 0.25) is 0 Å². The number of benzene rings is 1. The maximum atomic E-state index is 13.3. The molecule has 3 heterocycles. The molecule has 1 fully saturated rings. The number of aromatic nitrogens is 4. The van der Waals surface area contributed by atoms with Crippen LogP contribution in [0.5, 0.6) is 0 Å². The summed E-state index contributed by atoms with van der Waals surface area (Å²) in [5.41, 5.74) is 2.65. The first-order valence-corrected chi connectivity index (χ1v) is 10.4. The second kappa shape index (κ2) is 8.26. The first-order valence-electron chi connectivity index (χ1n) is 10.4. The summed E-state index contributed by atoms with van der Waals surface area (Å²) in [6.07, 6.45) is 6.83. The number of amides is 1. The third-order valence-corrected chi connectivity index (χ3v) is 5.94. The number of carbonyl (C=O) groups is 1. The summed E-state index contributed by atoms with van der Waals surface area (Å²) in [6.45, 7) is 7.29. The molecule has 1 saturated heterocycles. The summed E-state index contributed by atoms with van der Waals surface area (Å²) in [5, 5.41) is 7.73. The van der Waals surface area contributed by atoms with E-state index in [1.165, 1.54) is 0 Å². The van der Waals surface area contributed by atoms with Gasteiger partial charge in [0.15, 0.2) is 0 Å². The van der Waals surface area contributed by atoms with Crippen LogP contribution in [0.1, 0.15) is 60.1 Å². The van der Waals surface area contributed by atoms with Crippen molar-refractivity contribution in [2.45, 2.75) is 45.6 Å². The number of piperidine rings is 1. The van der Waals surface area contributed by atoms with Crippen LogP contribution in [0.3, 0.4) is 0 Å². The van der Waals surface area contributed by atoms with Gasteiger partial charge in [-0.25, -0.2) is 0 Å². The molecule has 4 rings (SSSR count). The standard InChI is InChI=1S/C23H27N5O2/c1-16(2)18-5-4-6-20(13-18)28-12-7-17(3)21(23(28)30)22(29)26-10-8-19(9-11-26)27-14-24-25-15-27/h4-7,12-16,19H,8-11H2,1-3H3. The second-order valence-electron chi connectivity index (χ2n) is 8.23. The SMILES string of the molecule is Cc1ccn(-c2cccc(C(C)C)c2)c(=O)c1C(=O)N1CCC(n2cnnc2)CC1. The second-order valence-corrected chi connectivity index (χ2v) is 8.23. The highest BCUT2D eigenvalue weighted by molar-refractivity contribution is 5.95. The zero-order valence-corrected chi connectivity index (χ0v) is 17.7. The Bertz CT molecular complexity index is 1090. The lowest BCUT2D eigenvalue weighted by Crippen LogP contribution is -2.42. The van der Waals surface area contributed by atoms with Crippen molar-refractivity contribution in [2.24, 2.45) is 0 Å². The van der Waals surface area contributed by atoms with Crippen molar-refractivity contribution >= 4 is 5.91 Å². The molecule has 3 aromatic rings. The summed E-state index contributed by atoms with van der Waals surface area (Å²) in [4.78, 5) is 28.4. The molecule has 0 radical (unpaired) electrons. The van der Waals surface area contributed by atoms with Crippen molar-refractivity contribution in [1.82, 2.24) is 24.2 Å². The molecule has 1 aliphatic heterocycles. The summed E-state index contributed by atoms with van der Waals surface area (Å²) in [7, 11) is 0. The van der Waals surface area contributed by atoms with Crippen LogP contribution in [0, 0.1) is 6.92 Å². The quantitative estimate of drug-likeness (QED) is 0.667. The van der Waals surface area contributed by atoms with Crippen LogP contribution >= 0.6 is 0 Å². The molecule has 7 nitrogen and oxygen atoms in total. The zero-order valence-electron chi connectivity index (χ0n) is 17.7. The first kappa shape index (κ1) is 20.1. The van der Waals surface area contributed by atoms with Gasteiger partial charge in [0.1, 0.15) is 18.2 Å². The predicted molar refractivity (Wildman–Crippen MR) is 115 cm³/mol. The Labute approximate surface area is 176 Å². The fourth-order valence-corrected chi connectivity index (χ4v) is 4.05. The molecule has 0 N–H and O–H groups in total. The van der Waals surface area contributed by atoms with E-state index in [-0.39, 0.29) is 23.1 Å². The molecular formula is C23H27N5O2. The molecule has 30 heavy (non-hydrogen) atoms. The molecule has 0 unspecified atom stereocenters. The van der Waals surface area contributed by atoms with Crippen LogP contribution in [0.4, 0.5) is 0 Å². The molecule has 156 valence electrons. The van der Waals surface area contributed by atoms with Gasteiger partial charge in [-0.3, -0.25) is 14.2 Å². The fraction of sp³-hybridized carbons (Fsp3) is 0.391. The van der Waals surface area contributed by atoms with E-state index in [0.29, 0.717) is 24.6 Å². The highest BCUT2D eigenvalue weighted by Crippen LogP contribution is 2.23. The summed E-state index contributed by atoms with van der Waals surface area (Å²) < 4.78 is 3.57. The van der Waals surface area contributed by atoms with Crippen molar-refractivity contribution < 1.29 is 4.79 Å². The number of carbonyl (C=O) groups excluding carboxylic acids is 1. The Morgan fingerprint density at radius 1 is 1.10 bits per heavy atom. The van der Waals surface area contributed by atoms with E-state index in [9.17, 15) is 9.59 Å². The third-order valence-electron chi connectivity index (χ3n) is 5.94. The number of aryl methyl sites for hydroxylation is 1. The van der Waals surface area contributed by atoms with Gasteiger partial charge < -0.3 is 9.47 Å². The highest BCUT2D eigenvalue weighted by Gasteiger charge is 2.27. The number of likely N-dealkylation sites (tertiary alicyclic amines) is 1. The van der Waals surface area contributed by atoms with Crippen molar-refractivity contribution in [3.05, 3.63) is 76.2 Å². The molecule has 1 amide bonds. The van der Waals surface area contributed by atoms with Crippen LogP contribution in [0.25, 0.3) is 5.69 Å². The Balaban J connectivity index is 1.60. The van der Waals surface area contributed by atoms with Crippen molar-refractivity contribution in [3.63, 3.8) is 0 Å². The van der Waals surface area contributed by atoms with E-state index < -0.39 is 0 Å². The van der Waals surface area contributed by atoms with Gasteiger partial charge in [-0.15, -0.1) is 10.2 Å². The fourth-order valence-electron chi connectivity index (χ4n) is 4.05. The maximum absolute atomic E-state index is 13.3. The lowest BCUT2D eigenvalue weighted by Gasteiger charge is -2.32. The largest absolute Gasteiger partial charge is 0.338 e. The normalized spacial score (nSPS) is 15.0. The zero-order chi connectivity index (χ0) is 21.3. The van der Waals surface area contributed by atoms with E-state index in [2.05, 4.69) is 30.1 Å². The monoisotopic (exact) mass is 405 g/mol. The highest BCUT2D eigenvalue weighted by atomic mass is 16.2. The molecular weight excluding hydrogens is 378 g/mol. The van der Waals surface area contributed by atoms with Crippen molar-refractivity contribution in [1.29, 1.82) is 0 Å². The Morgan fingerprint density at radius 2 is 1.80 bits per heavy atom. The molecule has 0 atom stereocenters. The molecule has 0 spiro atoms. The van der Waals surface area contributed by atoms with E-state index in [4.69, 9.17) is 0 Å². The maximum Gasteiger partial charge on any atom is 0.268 e. The lowest BCUT2D eigenvalue weighted by atomic mass is 10.0. The van der Waals surface area contributed by atoms with Gasteiger partial charge in [0, 0.05) is 31.0 Å². The number of nitrogens with zero attached hydrogens (tertiary/aromatic N) is 5. The molecule has 0 bridgehead atoms. The van der Waals surface area contributed by atoms with Crippen LogP contribution in [-0.2, 0) is 0 Å². The minimum Gasteiger partial charge on any atom is -0.338 e. The van der Waals surface area contributed by atoms with Crippen molar-refractivity contribution in [2.75, 3.05) is 13.1 Å². The lowest BCUT2D eigenvalue weighted by molar-refractivity contribution is 0.0691. The third kappa shape index (κ3) is 3.79. The number of rotatable bonds is 4. The number of pyridine rings is 1. The van der Waals surface area contributed by atoms with Gasteiger partial charge in [-0.1, -0.05) is 26.0 Å². The van der Waals surface area contributed by atoms with Gasteiger partial charge in [0.25, 0.3) is 11.5 Å². The molecule has 7 heteroatoms. The smallest absolute Gasteiger partial charge is 0.268 e. The minimum atomic E-state index is -0.262. The summed E-state index contributed by atoms with van der Waals surface area (Å²) in [6, 6.07) is 10.1. The molecule has 0 saturated carbocycles. The van der Waals surface area contributed by atoms with E-state index in [1.54, 1.807) is 28.3 Å². The first-order chi connectivity index (χ1) is 14.5. The van der Waals surface area contributed by atoms with Gasteiger partial charge >= 0.3 is 0 Å². The predicted octanol–water partition coefficient (Wildman–Crippen LogP) is 3.34. The van der Waals surface area contributed by atoms with E-state index >= 15 is 0 Å².